The summed E-state index contributed by atoms with van der Waals surface area (Å²) in [5.41, 5.74) is 5.33. The van der Waals surface area contributed by atoms with Gasteiger partial charge in [0.05, 0.1) is 32.8 Å². The maximum absolute atomic E-state index is 12.6. The van der Waals surface area contributed by atoms with Crippen molar-refractivity contribution >= 4 is 24.2 Å². The van der Waals surface area contributed by atoms with E-state index in [1.807, 2.05) is 27.7 Å². The monoisotopic (exact) mass is 553 g/mol. The van der Waals surface area contributed by atoms with Gasteiger partial charge >= 0.3 is 24.2 Å². The number of esters is 2. The molecule has 11 heteroatoms. The normalized spacial score (nSPS) is 13.1. The van der Waals surface area contributed by atoms with Crippen molar-refractivity contribution in [1.82, 2.24) is 0 Å². The summed E-state index contributed by atoms with van der Waals surface area (Å²) in [6.45, 7) is 9.72. The molecule has 0 saturated heterocycles. The van der Waals surface area contributed by atoms with Crippen molar-refractivity contribution in [3.63, 3.8) is 0 Å². The predicted molar refractivity (Wildman–Crippen MR) is 142 cm³/mol. The average molecular weight is 554 g/mol. The summed E-state index contributed by atoms with van der Waals surface area (Å²) >= 11 is 0. The third kappa shape index (κ3) is 11.9. The Bertz CT molecular complexity index is 948. The summed E-state index contributed by atoms with van der Waals surface area (Å²) in [4.78, 5) is 49.2. The molecule has 0 bridgehead atoms. The van der Waals surface area contributed by atoms with Gasteiger partial charge in [0, 0.05) is 12.8 Å². The minimum absolute atomic E-state index is 0.0204. The Morgan fingerprint density at radius 2 is 1.41 bits per heavy atom. The fraction of sp³-hybridized carbons (Fsp3) is 0.643. The van der Waals surface area contributed by atoms with Crippen LogP contribution in [0.25, 0.3) is 0 Å². The number of methoxy groups -OCH3 is 1. The van der Waals surface area contributed by atoms with Gasteiger partial charge in [0.2, 0.25) is 0 Å². The molecule has 0 amide bonds. The van der Waals surface area contributed by atoms with Gasteiger partial charge in [-0.05, 0) is 36.5 Å². The van der Waals surface area contributed by atoms with E-state index in [0.717, 1.165) is 12.8 Å². The molecule has 0 radical (unpaired) electrons. The Morgan fingerprint density at radius 1 is 0.846 bits per heavy atom. The molecule has 11 nitrogen and oxygen atoms in total. The van der Waals surface area contributed by atoms with E-state index in [4.69, 9.17) is 34.2 Å². The number of unbranched alkanes of at least 4 members (excludes halogenated alkanes) is 2. The van der Waals surface area contributed by atoms with Gasteiger partial charge in [-0.2, -0.15) is 0 Å². The van der Waals surface area contributed by atoms with Gasteiger partial charge in [-0.1, -0.05) is 53.5 Å². The number of hydrogen-bond acceptors (Lipinski definition) is 11. The van der Waals surface area contributed by atoms with Gasteiger partial charge in [-0.3, -0.25) is 9.59 Å². The lowest BCUT2D eigenvalue weighted by atomic mass is 9.88. The minimum atomic E-state index is -1.56. The second kappa shape index (κ2) is 17.3. The van der Waals surface area contributed by atoms with Gasteiger partial charge in [0.1, 0.15) is 5.54 Å². The molecule has 0 saturated carbocycles. The zero-order chi connectivity index (χ0) is 29.4. The van der Waals surface area contributed by atoms with Crippen molar-refractivity contribution in [3.05, 3.63) is 23.8 Å². The first-order chi connectivity index (χ1) is 18.5. The van der Waals surface area contributed by atoms with E-state index in [1.54, 1.807) is 13.0 Å². The lowest BCUT2D eigenvalue weighted by Crippen LogP contribution is -2.51. The van der Waals surface area contributed by atoms with Crippen LogP contribution in [0.3, 0.4) is 0 Å². The Balaban J connectivity index is 3.12. The number of carbonyl (C=O) groups is 4. The molecule has 1 aromatic rings. The van der Waals surface area contributed by atoms with Crippen LogP contribution in [-0.4, -0.2) is 56.7 Å². The molecule has 1 aromatic carbocycles. The lowest BCUT2D eigenvalue weighted by Gasteiger charge is -2.27. The molecular formula is C28H43NO10. The van der Waals surface area contributed by atoms with E-state index >= 15 is 0 Å². The largest absolute Gasteiger partial charge is 0.513 e. The second-order valence-corrected chi connectivity index (χ2v) is 9.66. The molecular weight excluding hydrogens is 510 g/mol. The topological polar surface area (TPSA) is 150 Å². The van der Waals surface area contributed by atoms with Crippen molar-refractivity contribution in [1.29, 1.82) is 0 Å². The van der Waals surface area contributed by atoms with Crippen LogP contribution in [0.5, 0.6) is 11.5 Å². The van der Waals surface area contributed by atoms with Crippen molar-refractivity contribution in [3.8, 4) is 11.5 Å². The van der Waals surface area contributed by atoms with Crippen LogP contribution in [0.1, 0.15) is 72.3 Å². The first-order valence-electron chi connectivity index (χ1n) is 13.3. The highest BCUT2D eigenvalue weighted by atomic mass is 16.7. The Morgan fingerprint density at radius 3 is 1.92 bits per heavy atom. The SMILES string of the molecule is CCCCOC(=O)Oc1ccc(CC(N)(CCOC(=O)[C@@H](C)C(C)C)C(=O)OC)cc1OC(=O)OCCCC. The van der Waals surface area contributed by atoms with Crippen LogP contribution < -0.4 is 15.2 Å². The van der Waals surface area contributed by atoms with Crippen LogP contribution >= 0.6 is 0 Å². The summed E-state index contributed by atoms with van der Waals surface area (Å²) in [7, 11) is 1.21. The molecule has 2 atom stereocenters. The lowest BCUT2D eigenvalue weighted by molar-refractivity contribution is -0.153. The third-order valence-corrected chi connectivity index (χ3v) is 6.11. The highest BCUT2D eigenvalue weighted by molar-refractivity contribution is 5.81. The van der Waals surface area contributed by atoms with Crippen molar-refractivity contribution in [2.24, 2.45) is 17.6 Å². The number of carbonyl (C=O) groups excluding carboxylic acids is 4. The van der Waals surface area contributed by atoms with E-state index in [1.165, 1.54) is 19.2 Å². The third-order valence-electron chi connectivity index (χ3n) is 6.11. The van der Waals surface area contributed by atoms with E-state index in [-0.39, 0.29) is 62.0 Å². The average Bonchev–Trinajstić information content (AvgIpc) is 2.89. The number of hydrogen-bond donors (Lipinski definition) is 1. The summed E-state index contributed by atoms with van der Waals surface area (Å²) in [5, 5.41) is 0. The smallest absolute Gasteiger partial charge is 0.468 e. The van der Waals surface area contributed by atoms with Gasteiger partial charge < -0.3 is 34.2 Å². The minimum Gasteiger partial charge on any atom is -0.468 e. The van der Waals surface area contributed by atoms with E-state index < -0.39 is 23.8 Å². The maximum atomic E-state index is 12.6. The maximum Gasteiger partial charge on any atom is 0.513 e. The molecule has 39 heavy (non-hydrogen) atoms. The van der Waals surface area contributed by atoms with Crippen LogP contribution in [0.4, 0.5) is 9.59 Å². The Kier molecular flexibility index (Phi) is 14.9. The van der Waals surface area contributed by atoms with Gasteiger partial charge in [0.25, 0.3) is 0 Å². The Hall–Kier alpha value is -3.34. The molecule has 2 N–H and O–H groups in total. The standard InChI is InChI=1S/C28H43NO10/c1-7-9-14-36-26(32)38-22-12-11-21(17-23(22)39-27(33)37-15-10-8-2)18-28(29,25(31)34-6)13-16-35-24(30)20(5)19(3)4/h11-12,17,19-20H,7-10,13-16,18,29H2,1-6H3/t20-,28?/m0/s1. The highest BCUT2D eigenvalue weighted by Gasteiger charge is 2.36. The first kappa shape index (κ1) is 33.7. The van der Waals surface area contributed by atoms with Crippen molar-refractivity contribution < 1.29 is 47.6 Å². The number of nitrogens with two attached hydrogens (primary N) is 1. The summed E-state index contributed by atoms with van der Waals surface area (Å²) in [5.74, 6) is -1.51. The quantitative estimate of drug-likeness (QED) is 0.128. The molecule has 0 aliphatic heterocycles. The van der Waals surface area contributed by atoms with Gasteiger partial charge in [-0.25, -0.2) is 9.59 Å². The Labute approximate surface area is 230 Å². The molecule has 0 aliphatic rings. The van der Waals surface area contributed by atoms with Crippen LogP contribution in [0, 0.1) is 11.8 Å². The van der Waals surface area contributed by atoms with Crippen LogP contribution in [0.2, 0.25) is 0 Å². The number of ether oxygens (including phenoxy) is 6. The van der Waals surface area contributed by atoms with Crippen LogP contribution in [-0.2, 0) is 35.0 Å². The predicted octanol–water partition coefficient (Wildman–Crippen LogP) is 4.96. The molecule has 1 unspecified atom stereocenters. The van der Waals surface area contributed by atoms with Crippen molar-refractivity contribution in [2.75, 3.05) is 26.9 Å². The van der Waals surface area contributed by atoms with Gasteiger partial charge in [0.15, 0.2) is 11.5 Å². The van der Waals surface area contributed by atoms with E-state index in [9.17, 15) is 19.2 Å². The summed E-state index contributed by atoms with van der Waals surface area (Å²) < 4.78 is 30.9. The fourth-order valence-corrected chi connectivity index (χ4v) is 3.23. The van der Waals surface area contributed by atoms with E-state index in [0.29, 0.717) is 18.4 Å². The molecule has 0 aliphatic carbocycles. The molecule has 0 spiro atoms. The number of benzene rings is 1. The van der Waals surface area contributed by atoms with Gasteiger partial charge in [-0.15, -0.1) is 0 Å². The zero-order valence-electron chi connectivity index (χ0n) is 23.9. The highest BCUT2D eigenvalue weighted by Crippen LogP contribution is 2.31. The fourth-order valence-electron chi connectivity index (χ4n) is 3.23. The van der Waals surface area contributed by atoms with E-state index in [2.05, 4.69) is 0 Å². The molecule has 1 rings (SSSR count). The molecule has 0 aromatic heterocycles. The second-order valence-electron chi connectivity index (χ2n) is 9.66. The molecule has 220 valence electrons. The van der Waals surface area contributed by atoms with Crippen molar-refractivity contribution in [2.45, 2.75) is 78.7 Å². The summed E-state index contributed by atoms with van der Waals surface area (Å²) in [6, 6.07) is 4.36. The number of rotatable bonds is 16. The van der Waals surface area contributed by atoms with Crippen LogP contribution in [0.15, 0.2) is 18.2 Å². The first-order valence-corrected chi connectivity index (χ1v) is 13.3. The summed E-state index contributed by atoms with van der Waals surface area (Å²) in [6.07, 6.45) is 0.947. The molecule has 0 fully saturated rings. The zero-order valence-corrected chi connectivity index (χ0v) is 23.9. The molecule has 0 heterocycles.